The molecule has 3 aromatic rings. The van der Waals surface area contributed by atoms with Gasteiger partial charge >= 0.3 is 0 Å². The molecular formula is C19H21N5O2. The predicted molar refractivity (Wildman–Crippen MR) is 96.9 cm³/mol. The van der Waals surface area contributed by atoms with Gasteiger partial charge in [0, 0.05) is 30.4 Å². The monoisotopic (exact) mass is 351 g/mol. The SMILES string of the molecule is Cc1ccc(C(=O)NC2CC2)cc1-c1cnn(-c2cnc(CO)n2C)c1. The number of hydrogen-bond acceptors (Lipinski definition) is 4. The molecular weight excluding hydrogens is 330 g/mol. The minimum atomic E-state index is -0.123. The van der Waals surface area contributed by atoms with Crippen LogP contribution in [0.4, 0.5) is 0 Å². The van der Waals surface area contributed by atoms with Crippen molar-refractivity contribution in [3.05, 3.63) is 53.7 Å². The molecule has 7 nitrogen and oxygen atoms in total. The van der Waals surface area contributed by atoms with E-state index in [0.29, 0.717) is 17.4 Å². The summed E-state index contributed by atoms with van der Waals surface area (Å²) in [5.74, 6) is 1.31. The largest absolute Gasteiger partial charge is 0.388 e. The zero-order valence-corrected chi connectivity index (χ0v) is 14.8. The van der Waals surface area contributed by atoms with Crippen LogP contribution in [0.1, 0.15) is 34.6 Å². The number of aliphatic hydroxyl groups is 1. The Kier molecular flexibility index (Phi) is 4.08. The highest BCUT2D eigenvalue weighted by Crippen LogP contribution is 2.26. The van der Waals surface area contributed by atoms with Crippen LogP contribution in [0.3, 0.4) is 0 Å². The number of nitrogens with one attached hydrogen (secondary N) is 1. The lowest BCUT2D eigenvalue weighted by Gasteiger charge is -2.08. The molecule has 0 bridgehead atoms. The van der Waals surface area contributed by atoms with Crippen molar-refractivity contribution in [1.82, 2.24) is 24.6 Å². The average Bonchev–Trinajstić information content (AvgIpc) is 3.17. The number of aliphatic hydroxyl groups excluding tert-OH is 1. The van der Waals surface area contributed by atoms with Crippen LogP contribution >= 0.6 is 0 Å². The molecule has 1 fully saturated rings. The van der Waals surface area contributed by atoms with Crippen LogP contribution in [0.5, 0.6) is 0 Å². The third kappa shape index (κ3) is 3.01. The molecule has 0 spiro atoms. The van der Waals surface area contributed by atoms with Crippen LogP contribution in [0.15, 0.2) is 36.8 Å². The van der Waals surface area contributed by atoms with Gasteiger partial charge in [-0.2, -0.15) is 5.10 Å². The van der Waals surface area contributed by atoms with Gasteiger partial charge in [-0.3, -0.25) is 4.79 Å². The van der Waals surface area contributed by atoms with Gasteiger partial charge in [0.1, 0.15) is 12.4 Å². The number of amides is 1. The van der Waals surface area contributed by atoms with E-state index in [0.717, 1.165) is 35.3 Å². The molecule has 0 atom stereocenters. The van der Waals surface area contributed by atoms with Gasteiger partial charge in [0.15, 0.2) is 5.82 Å². The first-order valence-electron chi connectivity index (χ1n) is 8.65. The highest BCUT2D eigenvalue weighted by Gasteiger charge is 2.24. The van der Waals surface area contributed by atoms with Crippen molar-refractivity contribution in [1.29, 1.82) is 0 Å². The Bertz CT molecular complexity index is 968. The van der Waals surface area contributed by atoms with Crippen molar-refractivity contribution < 1.29 is 9.90 Å². The molecule has 26 heavy (non-hydrogen) atoms. The standard InChI is InChI=1S/C19H21N5O2/c1-12-3-4-13(19(26)22-15-5-6-15)7-16(12)14-8-21-24(10-14)18-9-20-17(11-25)23(18)2/h3-4,7-10,15,25H,5-6,11H2,1-2H3,(H,22,26). The molecule has 1 aliphatic rings. The number of rotatable bonds is 5. The van der Waals surface area contributed by atoms with Gasteiger partial charge in [-0.25, -0.2) is 9.67 Å². The van der Waals surface area contributed by atoms with E-state index in [1.165, 1.54) is 0 Å². The first-order chi connectivity index (χ1) is 12.6. The molecule has 0 radical (unpaired) electrons. The summed E-state index contributed by atoms with van der Waals surface area (Å²) in [5.41, 5.74) is 3.64. The fourth-order valence-electron chi connectivity index (χ4n) is 2.96. The maximum atomic E-state index is 12.3. The molecule has 0 unspecified atom stereocenters. The normalized spacial score (nSPS) is 13.8. The Hall–Kier alpha value is -2.93. The first-order valence-corrected chi connectivity index (χ1v) is 8.65. The van der Waals surface area contributed by atoms with Crippen LogP contribution in [0.25, 0.3) is 16.9 Å². The van der Waals surface area contributed by atoms with E-state index < -0.39 is 0 Å². The number of benzene rings is 1. The fraction of sp³-hybridized carbons (Fsp3) is 0.316. The van der Waals surface area contributed by atoms with Crippen LogP contribution in [-0.2, 0) is 13.7 Å². The quantitative estimate of drug-likeness (QED) is 0.736. The fourth-order valence-corrected chi connectivity index (χ4v) is 2.96. The molecule has 134 valence electrons. The van der Waals surface area contributed by atoms with Gasteiger partial charge in [0.25, 0.3) is 5.91 Å². The van der Waals surface area contributed by atoms with Crippen LogP contribution in [0.2, 0.25) is 0 Å². The summed E-state index contributed by atoms with van der Waals surface area (Å²) in [7, 11) is 1.84. The molecule has 0 saturated heterocycles. The number of carbonyl (C=O) groups excluding carboxylic acids is 1. The molecule has 4 rings (SSSR count). The lowest BCUT2D eigenvalue weighted by atomic mass is 10.0. The van der Waals surface area contributed by atoms with Crippen molar-refractivity contribution in [3.63, 3.8) is 0 Å². The Morgan fingerprint density at radius 3 is 2.85 bits per heavy atom. The number of carbonyl (C=O) groups is 1. The third-order valence-electron chi connectivity index (χ3n) is 4.74. The van der Waals surface area contributed by atoms with Crippen molar-refractivity contribution in [2.24, 2.45) is 7.05 Å². The second kappa shape index (κ2) is 6.42. The summed E-state index contributed by atoms with van der Waals surface area (Å²) < 4.78 is 3.51. The van der Waals surface area contributed by atoms with E-state index in [4.69, 9.17) is 0 Å². The minimum Gasteiger partial charge on any atom is -0.388 e. The van der Waals surface area contributed by atoms with Crippen LogP contribution in [-0.4, -0.2) is 36.4 Å². The predicted octanol–water partition coefficient (Wildman–Crippen LogP) is 1.97. The smallest absolute Gasteiger partial charge is 0.251 e. The topological polar surface area (TPSA) is 85.0 Å². The van der Waals surface area contributed by atoms with Gasteiger partial charge in [-0.15, -0.1) is 0 Å². The zero-order valence-electron chi connectivity index (χ0n) is 14.8. The van der Waals surface area contributed by atoms with Crippen molar-refractivity contribution in [3.8, 4) is 16.9 Å². The second-order valence-electron chi connectivity index (χ2n) is 6.70. The number of nitrogens with zero attached hydrogens (tertiary/aromatic N) is 4. The summed E-state index contributed by atoms with van der Waals surface area (Å²) >= 11 is 0. The summed E-state index contributed by atoms with van der Waals surface area (Å²) in [5, 5.41) is 16.7. The second-order valence-corrected chi connectivity index (χ2v) is 6.70. The molecule has 1 saturated carbocycles. The Morgan fingerprint density at radius 1 is 1.35 bits per heavy atom. The Balaban J connectivity index is 1.66. The van der Waals surface area contributed by atoms with Gasteiger partial charge in [0.2, 0.25) is 0 Å². The molecule has 2 aromatic heterocycles. The van der Waals surface area contributed by atoms with Crippen molar-refractivity contribution in [2.75, 3.05) is 0 Å². The molecule has 2 heterocycles. The lowest BCUT2D eigenvalue weighted by Crippen LogP contribution is -2.25. The maximum Gasteiger partial charge on any atom is 0.251 e. The van der Waals surface area contributed by atoms with Crippen LogP contribution < -0.4 is 5.32 Å². The van der Waals surface area contributed by atoms with Gasteiger partial charge in [-0.05, 0) is 43.0 Å². The zero-order chi connectivity index (χ0) is 18.3. The first kappa shape index (κ1) is 16.5. The van der Waals surface area contributed by atoms with E-state index in [9.17, 15) is 9.90 Å². The van der Waals surface area contributed by atoms with E-state index in [1.54, 1.807) is 21.6 Å². The van der Waals surface area contributed by atoms with E-state index in [1.807, 2.05) is 38.4 Å². The van der Waals surface area contributed by atoms with Crippen molar-refractivity contribution in [2.45, 2.75) is 32.4 Å². The van der Waals surface area contributed by atoms with E-state index >= 15 is 0 Å². The molecule has 2 N–H and O–H groups in total. The Labute approximate surface area is 151 Å². The number of aromatic nitrogens is 4. The molecule has 1 amide bonds. The van der Waals surface area contributed by atoms with Gasteiger partial charge in [0.05, 0.1) is 12.4 Å². The van der Waals surface area contributed by atoms with E-state index in [-0.39, 0.29) is 12.5 Å². The summed E-state index contributed by atoms with van der Waals surface area (Å²) in [6.45, 7) is 1.89. The maximum absolute atomic E-state index is 12.3. The van der Waals surface area contributed by atoms with Crippen LogP contribution in [0, 0.1) is 6.92 Å². The average molecular weight is 351 g/mol. The summed E-state index contributed by atoms with van der Waals surface area (Å²) in [6.07, 6.45) is 7.49. The lowest BCUT2D eigenvalue weighted by molar-refractivity contribution is 0.0951. The number of imidazole rings is 1. The molecule has 1 aliphatic carbocycles. The van der Waals surface area contributed by atoms with Gasteiger partial charge in [-0.1, -0.05) is 6.07 Å². The minimum absolute atomic E-state index is 0.0274. The van der Waals surface area contributed by atoms with E-state index in [2.05, 4.69) is 15.4 Å². The highest BCUT2D eigenvalue weighted by molar-refractivity contribution is 5.96. The highest BCUT2D eigenvalue weighted by atomic mass is 16.3. The van der Waals surface area contributed by atoms with Gasteiger partial charge < -0.3 is 15.0 Å². The molecule has 1 aromatic carbocycles. The molecule has 7 heteroatoms. The number of hydrogen-bond donors (Lipinski definition) is 2. The third-order valence-corrected chi connectivity index (χ3v) is 4.74. The number of aryl methyl sites for hydroxylation is 1. The summed E-state index contributed by atoms with van der Waals surface area (Å²) in [6, 6.07) is 6.06. The van der Waals surface area contributed by atoms with Crippen molar-refractivity contribution >= 4 is 5.91 Å². The molecule has 0 aliphatic heterocycles. The summed E-state index contributed by atoms with van der Waals surface area (Å²) in [4.78, 5) is 16.5. The Morgan fingerprint density at radius 2 is 2.15 bits per heavy atom.